The summed E-state index contributed by atoms with van der Waals surface area (Å²) in [6.45, 7) is 4.88. The summed E-state index contributed by atoms with van der Waals surface area (Å²) in [5.41, 5.74) is 2.50. The second kappa shape index (κ2) is 11.2. The van der Waals surface area contributed by atoms with Crippen molar-refractivity contribution in [3.8, 4) is 0 Å². The second-order valence-electron chi connectivity index (χ2n) is 5.98. The van der Waals surface area contributed by atoms with Crippen LogP contribution in [0.5, 0.6) is 0 Å². The van der Waals surface area contributed by atoms with E-state index in [0.717, 1.165) is 13.1 Å². The van der Waals surface area contributed by atoms with Crippen LogP contribution >= 0.6 is 24.0 Å². The summed E-state index contributed by atoms with van der Waals surface area (Å²) >= 11 is 0. The standard InChI is InChI=1S/C18H28N4O2.HI/c1-14(21-18(19-2)20-10-9-17(23)24-3)15-7-6-8-16(13-15)22-11-4-5-12-22;/h6-8,13-14H,4-5,9-12H2,1-3H3,(H2,19,20,21);1H. The highest BCUT2D eigenvalue weighted by molar-refractivity contribution is 14.0. The van der Waals surface area contributed by atoms with Crippen molar-refractivity contribution in [2.75, 3.05) is 38.7 Å². The van der Waals surface area contributed by atoms with Gasteiger partial charge >= 0.3 is 5.97 Å². The minimum atomic E-state index is -0.232. The monoisotopic (exact) mass is 460 g/mol. The molecule has 7 heteroatoms. The van der Waals surface area contributed by atoms with Crippen molar-refractivity contribution in [1.29, 1.82) is 0 Å². The second-order valence-corrected chi connectivity index (χ2v) is 5.98. The van der Waals surface area contributed by atoms with E-state index in [4.69, 9.17) is 0 Å². The number of benzene rings is 1. The largest absolute Gasteiger partial charge is 0.469 e. The third-order valence-electron chi connectivity index (χ3n) is 4.27. The first-order chi connectivity index (χ1) is 11.6. The Morgan fingerprint density at radius 1 is 1.36 bits per heavy atom. The Bertz CT molecular complexity index is 574. The number of carbonyl (C=O) groups is 1. The van der Waals surface area contributed by atoms with Crippen LogP contribution in [0.3, 0.4) is 0 Å². The van der Waals surface area contributed by atoms with Crippen LogP contribution in [-0.4, -0.2) is 45.7 Å². The van der Waals surface area contributed by atoms with Gasteiger partial charge in [0.25, 0.3) is 0 Å². The lowest BCUT2D eigenvalue weighted by Gasteiger charge is -2.22. The van der Waals surface area contributed by atoms with Crippen LogP contribution in [0.4, 0.5) is 5.69 Å². The average molecular weight is 460 g/mol. The number of methoxy groups -OCH3 is 1. The van der Waals surface area contributed by atoms with Gasteiger partial charge in [-0.25, -0.2) is 0 Å². The Hall–Kier alpha value is -1.51. The fourth-order valence-corrected chi connectivity index (χ4v) is 2.83. The number of hydrogen-bond acceptors (Lipinski definition) is 4. The maximum absolute atomic E-state index is 11.2. The third kappa shape index (κ3) is 6.72. The molecule has 0 radical (unpaired) electrons. The number of nitrogens with one attached hydrogen (secondary N) is 2. The van der Waals surface area contributed by atoms with Gasteiger partial charge < -0.3 is 20.3 Å². The number of anilines is 1. The summed E-state index contributed by atoms with van der Waals surface area (Å²) in [6, 6.07) is 8.76. The molecule has 0 amide bonds. The number of ether oxygens (including phenoxy) is 1. The maximum atomic E-state index is 11.2. The number of rotatable bonds is 6. The Morgan fingerprint density at radius 3 is 2.72 bits per heavy atom. The Kier molecular flexibility index (Phi) is 9.62. The highest BCUT2D eigenvalue weighted by atomic mass is 127. The van der Waals surface area contributed by atoms with Gasteiger partial charge in [0.2, 0.25) is 0 Å². The molecule has 1 aliphatic heterocycles. The zero-order valence-electron chi connectivity index (χ0n) is 15.2. The van der Waals surface area contributed by atoms with E-state index in [0.29, 0.717) is 18.9 Å². The number of guanidine groups is 1. The fourth-order valence-electron chi connectivity index (χ4n) is 2.83. The normalized spacial score (nSPS) is 15.3. The molecule has 1 saturated heterocycles. The molecular weight excluding hydrogens is 431 g/mol. The molecule has 0 aliphatic carbocycles. The first kappa shape index (κ1) is 21.5. The Labute approximate surface area is 167 Å². The molecule has 1 unspecified atom stereocenters. The predicted molar refractivity (Wildman–Crippen MR) is 113 cm³/mol. The van der Waals surface area contributed by atoms with E-state index >= 15 is 0 Å². The molecule has 1 aromatic carbocycles. The molecule has 1 heterocycles. The summed E-state index contributed by atoms with van der Waals surface area (Å²) in [7, 11) is 3.12. The lowest BCUT2D eigenvalue weighted by atomic mass is 10.1. The average Bonchev–Trinajstić information content (AvgIpc) is 3.15. The van der Waals surface area contributed by atoms with Gasteiger partial charge in [-0.1, -0.05) is 12.1 Å². The summed E-state index contributed by atoms with van der Waals surface area (Å²) in [6.07, 6.45) is 2.86. The molecule has 140 valence electrons. The van der Waals surface area contributed by atoms with Gasteiger partial charge in [0.1, 0.15) is 0 Å². The molecule has 1 atom stereocenters. The SMILES string of the molecule is CN=C(NCCC(=O)OC)NC(C)c1cccc(N2CCCC2)c1.I. The summed E-state index contributed by atoms with van der Waals surface area (Å²) in [4.78, 5) is 17.8. The van der Waals surface area contributed by atoms with Crippen molar-refractivity contribution in [1.82, 2.24) is 10.6 Å². The van der Waals surface area contributed by atoms with Crippen molar-refractivity contribution in [2.45, 2.75) is 32.2 Å². The van der Waals surface area contributed by atoms with Gasteiger partial charge in [0.15, 0.2) is 5.96 Å². The quantitative estimate of drug-likeness (QED) is 0.296. The zero-order valence-corrected chi connectivity index (χ0v) is 17.6. The predicted octanol–water partition coefficient (Wildman–Crippen LogP) is 2.69. The van der Waals surface area contributed by atoms with E-state index in [1.807, 2.05) is 0 Å². The van der Waals surface area contributed by atoms with Gasteiger partial charge in [-0.2, -0.15) is 0 Å². The molecule has 0 bridgehead atoms. The molecular formula is C18H29IN4O2. The van der Waals surface area contributed by atoms with E-state index < -0.39 is 0 Å². The highest BCUT2D eigenvalue weighted by Crippen LogP contribution is 2.23. The summed E-state index contributed by atoms with van der Waals surface area (Å²) in [5.74, 6) is 0.447. The van der Waals surface area contributed by atoms with E-state index in [1.54, 1.807) is 7.05 Å². The highest BCUT2D eigenvalue weighted by Gasteiger charge is 2.14. The third-order valence-corrected chi connectivity index (χ3v) is 4.27. The van der Waals surface area contributed by atoms with Crippen molar-refractivity contribution < 1.29 is 9.53 Å². The van der Waals surface area contributed by atoms with E-state index in [-0.39, 0.29) is 36.0 Å². The van der Waals surface area contributed by atoms with Crippen LogP contribution in [0.15, 0.2) is 29.3 Å². The fraction of sp³-hybridized carbons (Fsp3) is 0.556. The summed E-state index contributed by atoms with van der Waals surface area (Å²) < 4.78 is 4.63. The number of nitrogens with zero attached hydrogens (tertiary/aromatic N) is 2. The molecule has 0 spiro atoms. The molecule has 1 aromatic rings. The number of halogens is 1. The van der Waals surface area contributed by atoms with Crippen molar-refractivity contribution in [2.24, 2.45) is 4.99 Å². The Balaban J connectivity index is 0.00000312. The molecule has 1 aliphatic rings. The van der Waals surface area contributed by atoms with Crippen LogP contribution < -0.4 is 15.5 Å². The van der Waals surface area contributed by atoms with Crippen molar-refractivity contribution >= 4 is 41.6 Å². The topological polar surface area (TPSA) is 66.0 Å². The van der Waals surface area contributed by atoms with Gasteiger partial charge in [0, 0.05) is 32.4 Å². The minimum absolute atomic E-state index is 0. The number of hydrogen-bond donors (Lipinski definition) is 2. The summed E-state index contributed by atoms with van der Waals surface area (Å²) in [5, 5.41) is 6.49. The maximum Gasteiger partial charge on any atom is 0.307 e. The van der Waals surface area contributed by atoms with E-state index in [2.05, 4.69) is 56.5 Å². The molecule has 2 rings (SSSR count). The van der Waals surface area contributed by atoms with E-state index in [9.17, 15) is 4.79 Å². The van der Waals surface area contributed by atoms with Crippen LogP contribution in [0.1, 0.15) is 37.8 Å². The Morgan fingerprint density at radius 2 is 2.08 bits per heavy atom. The first-order valence-electron chi connectivity index (χ1n) is 8.53. The van der Waals surface area contributed by atoms with Gasteiger partial charge in [0.05, 0.1) is 19.6 Å². The number of aliphatic imine (C=N–C) groups is 1. The van der Waals surface area contributed by atoms with E-state index in [1.165, 1.54) is 31.2 Å². The van der Waals surface area contributed by atoms with Crippen molar-refractivity contribution in [3.63, 3.8) is 0 Å². The smallest absolute Gasteiger partial charge is 0.307 e. The van der Waals surface area contributed by atoms with Crippen LogP contribution in [0.25, 0.3) is 0 Å². The molecule has 2 N–H and O–H groups in total. The lowest BCUT2D eigenvalue weighted by Crippen LogP contribution is -2.39. The van der Waals surface area contributed by atoms with Gasteiger partial charge in [-0.15, -0.1) is 24.0 Å². The zero-order chi connectivity index (χ0) is 17.4. The molecule has 1 fully saturated rings. The number of carbonyl (C=O) groups excluding carboxylic acids is 1. The van der Waals surface area contributed by atoms with Gasteiger partial charge in [-0.05, 0) is 37.5 Å². The van der Waals surface area contributed by atoms with Crippen molar-refractivity contribution in [3.05, 3.63) is 29.8 Å². The first-order valence-corrected chi connectivity index (χ1v) is 8.53. The van der Waals surface area contributed by atoms with Crippen LogP contribution in [0.2, 0.25) is 0 Å². The lowest BCUT2D eigenvalue weighted by molar-refractivity contribution is -0.140. The van der Waals surface area contributed by atoms with Gasteiger partial charge in [-0.3, -0.25) is 9.79 Å². The molecule has 0 aromatic heterocycles. The minimum Gasteiger partial charge on any atom is -0.469 e. The van der Waals surface area contributed by atoms with Crippen LogP contribution in [-0.2, 0) is 9.53 Å². The number of esters is 1. The molecule has 6 nitrogen and oxygen atoms in total. The molecule has 25 heavy (non-hydrogen) atoms. The van der Waals surface area contributed by atoms with Crippen LogP contribution in [0, 0.1) is 0 Å². The molecule has 0 saturated carbocycles.